The van der Waals surface area contributed by atoms with Crippen molar-refractivity contribution < 1.29 is 27.5 Å². The van der Waals surface area contributed by atoms with Crippen molar-refractivity contribution in [2.45, 2.75) is 38.2 Å². The number of nitrogens with one attached hydrogen (secondary N) is 2. The van der Waals surface area contributed by atoms with E-state index in [1.54, 1.807) is 64.1 Å². The van der Waals surface area contributed by atoms with Gasteiger partial charge >= 0.3 is 6.09 Å². The summed E-state index contributed by atoms with van der Waals surface area (Å²) in [6.07, 6.45) is -0.117. The molecule has 204 valence electrons. The minimum Gasteiger partial charge on any atom is -0.497 e. The Balaban J connectivity index is 2.01. The van der Waals surface area contributed by atoms with Gasteiger partial charge in [0.1, 0.15) is 21.2 Å². The molecule has 0 radical (unpaired) electrons. The summed E-state index contributed by atoms with van der Waals surface area (Å²) in [6.45, 7) is 6.87. The van der Waals surface area contributed by atoms with Crippen molar-refractivity contribution in [3.05, 3.63) is 63.4 Å². The lowest BCUT2D eigenvalue weighted by Gasteiger charge is -2.20. The molecule has 0 saturated heterocycles. The quantitative estimate of drug-likeness (QED) is 0.162. The van der Waals surface area contributed by atoms with E-state index in [4.69, 9.17) is 9.47 Å². The topological polar surface area (TPSA) is 124 Å². The number of aryl methyl sites for hydroxylation is 1. The number of pyridine rings is 1. The third-order valence-electron chi connectivity index (χ3n) is 5.50. The monoisotopic (exact) mass is 679 g/mol. The molecule has 2 heterocycles. The van der Waals surface area contributed by atoms with Gasteiger partial charge in [0, 0.05) is 14.5 Å². The summed E-state index contributed by atoms with van der Waals surface area (Å²) < 4.78 is 41.3. The van der Waals surface area contributed by atoms with Gasteiger partial charge in [-0.15, -0.1) is 0 Å². The summed E-state index contributed by atoms with van der Waals surface area (Å²) in [5.74, 6) is 0.548. The van der Waals surface area contributed by atoms with E-state index in [9.17, 15) is 18.0 Å². The zero-order valence-electron chi connectivity index (χ0n) is 21.8. The highest BCUT2D eigenvalue weighted by Crippen LogP contribution is 2.47. The fourth-order valence-electron chi connectivity index (χ4n) is 3.87. The third kappa shape index (κ3) is 6.34. The fraction of sp³-hybridized carbons (Fsp3) is 0.222. The summed E-state index contributed by atoms with van der Waals surface area (Å²) in [6, 6.07) is 13.5. The molecule has 9 nitrogen and oxygen atoms in total. The molecule has 0 aliphatic heterocycles. The summed E-state index contributed by atoms with van der Waals surface area (Å²) in [5.41, 5.74) is 0.824. The van der Waals surface area contributed by atoms with Crippen molar-refractivity contribution in [1.29, 1.82) is 0 Å². The number of rotatable bonds is 7. The van der Waals surface area contributed by atoms with E-state index in [2.05, 4.69) is 15.0 Å². The van der Waals surface area contributed by atoms with Crippen LogP contribution in [-0.2, 0) is 14.8 Å². The molecule has 2 aromatic carbocycles. The lowest BCUT2D eigenvalue weighted by Crippen LogP contribution is -2.27. The number of fused-ring (bicyclic) bond motifs is 1. The van der Waals surface area contributed by atoms with Gasteiger partial charge in [0.25, 0.3) is 10.0 Å². The molecule has 12 heteroatoms. The van der Waals surface area contributed by atoms with Gasteiger partial charge in [-0.2, -0.15) is 0 Å². The molecule has 0 atom stereocenters. The number of benzene rings is 2. The highest BCUT2D eigenvalue weighted by Gasteiger charge is 2.27. The van der Waals surface area contributed by atoms with Crippen LogP contribution in [0.2, 0.25) is 0 Å². The molecule has 0 aliphatic carbocycles. The Morgan fingerprint density at radius 3 is 2.49 bits per heavy atom. The first-order valence-corrected chi connectivity index (χ1v) is 15.1. The van der Waals surface area contributed by atoms with Crippen LogP contribution in [0.15, 0.2) is 53.4 Å². The Bertz CT molecular complexity index is 1690. The molecule has 0 saturated carbocycles. The van der Waals surface area contributed by atoms with E-state index in [0.29, 0.717) is 44.1 Å². The molecule has 0 fully saturated rings. The average molecular weight is 680 g/mol. The Hall–Kier alpha value is -3.23. The number of halogens is 1. The van der Waals surface area contributed by atoms with Gasteiger partial charge in [-0.1, -0.05) is 29.5 Å². The van der Waals surface area contributed by atoms with E-state index < -0.39 is 21.7 Å². The molecule has 2 aromatic heterocycles. The molecule has 0 aliphatic rings. The first-order valence-electron chi connectivity index (χ1n) is 11.7. The second-order valence-corrected chi connectivity index (χ2v) is 13.4. The standard InChI is InChI=1S/C27H26IN3O6S2/c1-15-20(14-32)23(31-39(34,35)19-11-7-9-17(28)13-19)22-21(16-8-6-10-18(12-16)36-5)24(38-25(22)29-15)30-26(33)37-27(2,3)4/h6-14H,1-5H3,(H,29,31)(H,30,33). The van der Waals surface area contributed by atoms with Crippen molar-refractivity contribution in [1.82, 2.24) is 4.98 Å². The number of carbonyl (C=O) groups excluding carboxylic acids is 2. The SMILES string of the molecule is COc1cccc(-c2c(NC(=O)OC(C)(C)C)sc3nc(C)c(C=O)c(NS(=O)(=O)c4cccc(I)c4)c23)c1. The molecular formula is C27H26IN3O6S2. The van der Waals surface area contributed by atoms with Crippen molar-refractivity contribution in [3.8, 4) is 16.9 Å². The number of anilines is 2. The van der Waals surface area contributed by atoms with Crippen LogP contribution in [0.3, 0.4) is 0 Å². The molecule has 0 bridgehead atoms. The molecule has 4 rings (SSSR count). The lowest BCUT2D eigenvalue weighted by molar-refractivity contribution is 0.0636. The summed E-state index contributed by atoms with van der Waals surface area (Å²) >= 11 is 3.17. The minimum absolute atomic E-state index is 0.0409. The van der Waals surface area contributed by atoms with Crippen molar-refractivity contribution >= 4 is 77.2 Å². The molecule has 2 N–H and O–H groups in total. The number of amides is 1. The molecule has 0 unspecified atom stereocenters. The Kier molecular flexibility index (Phi) is 8.19. The number of sulfonamides is 1. The Morgan fingerprint density at radius 1 is 1.13 bits per heavy atom. The predicted octanol–water partition coefficient (Wildman–Crippen LogP) is 6.85. The van der Waals surface area contributed by atoms with Crippen LogP contribution >= 0.6 is 33.9 Å². The zero-order valence-corrected chi connectivity index (χ0v) is 25.6. The van der Waals surface area contributed by atoms with Gasteiger partial charge in [0.15, 0.2) is 6.29 Å². The number of ether oxygens (including phenoxy) is 2. The van der Waals surface area contributed by atoms with Crippen molar-refractivity contribution in [3.63, 3.8) is 0 Å². The van der Waals surface area contributed by atoms with Crippen LogP contribution in [-0.4, -0.2) is 38.5 Å². The Labute approximate surface area is 244 Å². The van der Waals surface area contributed by atoms with Crippen LogP contribution < -0.4 is 14.8 Å². The maximum atomic E-state index is 13.5. The first kappa shape index (κ1) is 28.8. The average Bonchev–Trinajstić information content (AvgIpc) is 3.20. The van der Waals surface area contributed by atoms with Crippen LogP contribution in [0.25, 0.3) is 21.3 Å². The molecule has 1 amide bonds. The lowest BCUT2D eigenvalue weighted by atomic mass is 10.0. The maximum Gasteiger partial charge on any atom is 0.412 e. The van der Waals surface area contributed by atoms with E-state index in [0.717, 1.165) is 14.9 Å². The molecule has 39 heavy (non-hydrogen) atoms. The van der Waals surface area contributed by atoms with Crippen LogP contribution in [0, 0.1) is 10.5 Å². The van der Waals surface area contributed by atoms with Crippen LogP contribution in [0.1, 0.15) is 36.8 Å². The fourth-order valence-corrected chi connectivity index (χ4v) is 6.91. The second-order valence-electron chi connectivity index (χ2n) is 9.51. The van der Waals surface area contributed by atoms with E-state index in [-0.39, 0.29) is 16.1 Å². The number of methoxy groups -OCH3 is 1. The van der Waals surface area contributed by atoms with Crippen LogP contribution in [0.5, 0.6) is 5.75 Å². The molecular weight excluding hydrogens is 653 g/mol. The predicted molar refractivity (Wildman–Crippen MR) is 162 cm³/mol. The highest BCUT2D eigenvalue weighted by atomic mass is 127. The third-order valence-corrected chi connectivity index (χ3v) is 8.52. The number of hydrogen-bond acceptors (Lipinski definition) is 8. The van der Waals surface area contributed by atoms with Gasteiger partial charge in [-0.25, -0.2) is 18.2 Å². The first-order chi connectivity index (χ1) is 18.3. The van der Waals surface area contributed by atoms with E-state index >= 15 is 0 Å². The van der Waals surface area contributed by atoms with Gasteiger partial charge in [0.2, 0.25) is 0 Å². The number of thiophene rings is 1. The summed E-state index contributed by atoms with van der Waals surface area (Å²) in [7, 11) is -2.57. The van der Waals surface area contributed by atoms with Crippen LogP contribution in [0.4, 0.5) is 15.5 Å². The second kappa shape index (κ2) is 11.1. The summed E-state index contributed by atoms with van der Waals surface area (Å²) in [4.78, 5) is 30.1. The largest absolute Gasteiger partial charge is 0.497 e. The Morgan fingerprint density at radius 2 is 1.85 bits per heavy atom. The van der Waals surface area contributed by atoms with Crippen molar-refractivity contribution in [2.75, 3.05) is 17.1 Å². The number of hydrogen-bond donors (Lipinski definition) is 2. The summed E-state index contributed by atoms with van der Waals surface area (Å²) in [5, 5.41) is 3.52. The smallest absolute Gasteiger partial charge is 0.412 e. The normalized spacial score (nSPS) is 11.7. The molecule has 4 aromatic rings. The zero-order chi connectivity index (χ0) is 28.5. The number of aromatic nitrogens is 1. The number of aldehydes is 1. The minimum atomic E-state index is -4.10. The molecule has 0 spiro atoms. The van der Waals surface area contributed by atoms with Crippen molar-refractivity contribution in [2.24, 2.45) is 0 Å². The van der Waals surface area contributed by atoms with Gasteiger partial charge in [0.05, 0.1) is 29.0 Å². The van der Waals surface area contributed by atoms with E-state index in [1.807, 2.05) is 22.6 Å². The number of nitrogens with zero attached hydrogens (tertiary/aromatic N) is 1. The van der Waals surface area contributed by atoms with Gasteiger partial charge in [-0.05, 0) is 86.2 Å². The maximum absolute atomic E-state index is 13.5. The number of carbonyl (C=O) groups is 2. The van der Waals surface area contributed by atoms with Gasteiger partial charge in [-0.3, -0.25) is 14.8 Å². The highest BCUT2D eigenvalue weighted by molar-refractivity contribution is 14.1. The van der Waals surface area contributed by atoms with E-state index in [1.165, 1.54) is 19.2 Å². The van der Waals surface area contributed by atoms with Gasteiger partial charge < -0.3 is 9.47 Å².